The van der Waals surface area contributed by atoms with E-state index < -0.39 is 0 Å². The molecule has 2 aliphatic rings. The van der Waals surface area contributed by atoms with Gasteiger partial charge in [-0.25, -0.2) is 0 Å². The van der Waals surface area contributed by atoms with Crippen LogP contribution in [0.5, 0.6) is 0 Å². The zero-order chi connectivity index (χ0) is 9.97. The minimum absolute atomic E-state index is 0.914. The summed E-state index contributed by atoms with van der Waals surface area (Å²) in [7, 11) is 1.85. The van der Waals surface area contributed by atoms with E-state index in [0.29, 0.717) is 0 Å². The van der Waals surface area contributed by atoms with Gasteiger partial charge >= 0.3 is 0 Å². The van der Waals surface area contributed by atoms with Gasteiger partial charge in [-0.1, -0.05) is 26.2 Å². The van der Waals surface area contributed by atoms with Crippen molar-refractivity contribution in [3.8, 4) is 0 Å². The van der Waals surface area contributed by atoms with E-state index in [4.69, 9.17) is 4.74 Å². The van der Waals surface area contributed by atoms with E-state index in [9.17, 15) is 0 Å². The second-order valence-corrected chi connectivity index (χ2v) is 5.19. The van der Waals surface area contributed by atoms with Gasteiger partial charge in [0.1, 0.15) is 0 Å². The highest BCUT2D eigenvalue weighted by molar-refractivity contribution is 5.04. The maximum atomic E-state index is 5.30. The standard InChI is InChI=1S/C13H24O/c1-3-4-5-6-11-12-8-7-10(9-14-2)13(11)12/h10-13H,3-9H2,1-2H3. The lowest BCUT2D eigenvalue weighted by Gasteiger charge is -2.12. The quantitative estimate of drug-likeness (QED) is 0.591. The molecule has 2 fully saturated rings. The summed E-state index contributed by atoms with van der Waals surface area (Å²) in [6, 6.07) is 0. The van der Waals surface area contributed by atoms with E-state index in [0.717, 1.165) is 30.3 Å². The number of fused-ring (bicyclic) bond motifs is 1. The van der Waals surface area contributed by atoms with Crippen molar-refractivity contribution in [3.05, 3.63) is 0 Å². The molecule has 14 heavy (non-hydrogen) atoms. The monoisotopic (exact) mass is 196 g/mol. The minimum atomic E-state index is 0.914. The molecule has 82 valence electrons. The van der Waals surface area contributed by atoms with Crippen LogP contribution in [0.3, 0.4) is 0 Å². The van der Waals surface area contributed by atoms with Crippen LogP contribution in [-0.2, 0) is 4.74 Å². The number of hydrogen-bond donors (Lipinski definition) is 0. The van der Waals surface area contributed by atoms with E-state index in [-0.39, 0.29) is 0 Å². The number of methoxy groups -OCH3 is 1. The summed E-state index contributed by atoms with van der Waals surface area (Å²) in [6.07, 6.45) is 8.70. The molecule has 1 heteroatoms. The van der Waals surface area contributed by atoms with Crippen LogP contribution in [0.15, 0.2) is 0 Å². The first-order valence-electron chi connectivity index (χ1n) is 6.37. The van der Waals surface area contributed by atoms with Gasteiger partial charge < -0.3 is 4.74 Å². The predicted octanol–water partition coefficient (Wildman–Crippen LogP) is 3.49. The molecule has 0 spiro atoms. The maximum absolute atomic E-state index is 5.30. The summed E-state index contributed by atoms with van der Waals surface area (Å²) in [4.78, 5) is 0. The van der Waals surface area contributed by atoms with Crippen LogP contribution in [0, 0.1) is 23.7 Å². The summed E-state index contributed by atoms with van der Waals surface area (Å²) < 4.78 is 5.30. The Morgan fingerprint density at radius 1 is 1.21 bits per heavy atom. The number of unbranched alkanes of at least 4 members (excludes halogenated alkanes) is 2. The van der Waals surface area contributed by atoms with E-state index in [1.165, 1.54) is 38.5 Å². The molecule has 4 atom stereocenters. The van der Waals surface area contributed by atoms with Gasteiger partial charge in [-0.3, -0.25) is 0 Å². The molecular weight excluding hydrogens is 172 g/mol. The van der Waals surface area contributed by atoms with Crippen molar-refractivity contribution in [2.24, 2.45) is 23.7 Å². The highest BCUT2D eigenvalue weighted by Crippen LogP contribution is 2.62. The van der Waals surface area contributed by atoms with Crippen LogP contribution in [0.4, 0.5) is 0 Å². The van der Waals surface area contributed by atoms with Crippen LogP contribution in [0.25, 0.3) is 0 Å². The maximum Gasteiger partial charge on any atom is 0.0493 e. The second-order valence-electron chi connectivity index (χ2n) is 5.19. The Morgan fingerprint density at radius 3 is 2.79 bits per heavy atom. The van der Waals surface area contributed by atoms with Gasteiger partial charge in [0.05, 0.1) is 0 Å². The summed E-state index contributed by atoms with van der Waals surface area (Å²) in [5.74, 6) is 4.17. The predicted molar refractivity (Wildman–Crippen MR) is 59.2 cm³/mol. The molecule has 1 nitrogen and oxygen atoms in total. The Balaban J connectivity index is 1.68. The fourth-order valence-electron chi connectivity index (χ4n) is 3.62. The Labute approximate surface area is 88.2 Å². The van der Waals surface area contributed by atoms with E-state index in [1.54, 1.807) is 0 Å². The van der Waals surface area contributed by atoms with Crippen LogP contribution in [0.2, 0.25) is 0 Å². The topological polar surface area (TPSA) is 9.23 Å². The van der Waals surface area contributed by atoms with Gasteiger partial charge in [-0.15, -0.1) is 0 Å². The first-order valence-corrected chi connectivity index (χ1v) is 6.37. The summed E-state index contributed by atoms with van der Waals surface area (Å²) in [5.41, 5.74) is 0. The lowest BCUT2D eigenvalue weighted by Crippen LogP contribution is -2.09. The van der Waals surface area contributed by atoms with E-state index >= 15 is 0 Å². The number of hydrogen-bond acceptors (Lipinski definition) is 1. The molecule has 0 saturated heterocycles. The van der Waals surface area contributed by atoms with Crippen molar-refractivity contribution in [3.63, 3.8) is 0 Å². The normalized spacial score (nSPS) is 39.9. The third-order valence-corrected chi connectivity index (χ3v) is 4.33. The molecule has 2 saturated carbocycles. The van der Waals surface area contributed by atoms with Gasteiger partial charge in [0.2, 0.25) is 0 Å². The zero-order valence-electron chi connectivity index (χ0n) is 9.67. The molecule has 0 bridgehead atoms. The Bertz CT molecular complexity index is 178. The molecule has 0 heterocycles. The summed E-state index contributed by atoms with van der Waals surface area (Å²) in [6.45, 7) is 3.31. The lowest BCUT2D eigenvalue weighted by atomic mass is 9.98. The summed E-state index contributed by atoms with van der Waals surface area (Å²) >= 11 is 0. The van der Waals surface area contributed by atoms with Crippen molar-refractivity contribution < 1.29 is 4.74 Å². The van der Waals surface area contributed by atoms with E-state index in [2.05, 4.69) is 6.92 Å². The Morgan fingerprint density at radius 2 is 2.07 bits per heavy atom. The van der Waals surface area contributed by atoms with Crippen molar-refractivity contribution in [2.45, 2.75) is 45.4 Å². The minimum Gasteiger partial charge on any atom is -0.384 e. The van der Waals surface area contributed by atoms with Gasteiger partial charge in [-0.2, -0.15) is 0 Å². The molecule has 0 radical (unpaired) electrons. The second kappa shape index (κ2) is 4.65. The van der Waals surface area contributed by atoms with Gasteiger partial charge in [0, 0.05) is 13.7 Å². The Kier molecular flexibility index (Phi) is 3.48. The molecule has 4 unspecified atom stereocenters. The molecule has 0 aromatic rings. The van der Waals surface area contributed by atoms with Crippen LogP contribution >= 0.6 is 0 Å². The van der Waals surface area contributed by atoms with Gasteiger partial charge in [-0.05, 0) is 42.9 Å². The summed E-state index contributed by atoms with van der Waals surface area (Å²) in [5, 5.41) is 0. The van der Waals surface area contributed by atoms with Crippen molar-refractivity contribution >= 4 is 0 Å². The van der Waals surface area contributed by atoms with Gasteiger partial charge in [0.15, 0.2) is 0 Å². The van der Waals surface area contributed by atoms with Crippen LogP contribution < -0.4 is 0 Å². The van der Waals surface area contributed by atoms with Crippen molar-refractivity contribution in [1.82, 2.24) is 0 Å². The smallest absolute Gasteiger partial charge is 0.0493 e. The zero-order valence-corrected chi connectivity index (χ0v) is 9.67. The number of ether oxygens (including phenoxy) is 1. The molecular formula is C13H24O. The average Bonchev–Trinajstić information content (AvgIpc) is 2.71. The molecule has 0 amide bonds. The lowest BCUT2D eigenvalue weighted by molar-refractivity contribution is 0.140. The van der Waals surface area contributed by atoms with Gasteiger partial charge in [0.25, 0.3) is 0 Å². The van der Waals surface area contributed by atoms with Crippen molar-refractivity contribution in [1.29, 1.82) is 0 Å². The highest BCUT2D eigenvalue weighted by Gasteiger charge is 2.56. The van der Waals surface area contributed by atoms with Crippen LogP contribution in [0.1, 0.15) is 45.4 Å². The third kappa shape index (κ3) is 1.98. The highest BCUT2D eigenvalue weighted by atomic mass is 16.5. The molecule has 2 rings (SSSR count). The van der Waals surface area contributed by atoms with Crippen molar-refractivity contribution in [2.75, 3.05) is 13.7 Å². The third-order valence-electron chi connectivity index (χ3n) is 4.33. The SMILES string of the molecule is CCCCCC1C2CCC(COC)C12. The number of rotatable bonds is 6. The largest absolute Gasteiger partial charge is 0.384 e. The fourth-order valence-corrected chi connectivity index (χ4v) is 3.62. The van der Waals surface area contributed by atoms with E-state index in [1.807, 2.05) is 7.11 Å². The molecule has 2 aliphatic carbocycles. The molecule has 0 aliphatic heterocycles. The first-order chi connectivity index (χ1) is 6.88. The molecule has 0 aromatic carbocycles. The molecule has 0 aromatic heterocycles. The first kappa shape index (κ1) is 10.5. The fraction of sp³-hybridized carbons (Fsp3) is 1.00. The van der Waals surface area contributed by atoms with Crippen LogP contribution in [-0.4, -0.2) is 13.7 Å². The average molecular weight is 196 g/mol. The molecule has 0 N–H and O–H groups in total. The Hall–Kier alpha value is -0.0400.